The van der Waals surface area contributed by atoms with Crippen LogP contribution >= 0.6 is 11.8 Å². The number of nitrogens with one attached hydrogen (secondary N) is 2. The number of aromatic amines is 1. The first-order chi connectivity index (χ1) is 10.5. The van der Waals surface area contributed by atoms with Crippen molar-refractivity contribution < 1.29 is 5.11 Å². The minimum atomic E-state index is -0.268. The van der Waals surface area contributed by atoms with Crippen LogP contribution in [-0.4, -0.2) is 45.2 Å². The summed E-state index contributed by atoms with van der Waals surface area (Å²) in [5.41, 5.74) is 0.597. The molecule has 2 aromatic rings. The molecular weight excluding hydrogens is 300 g/mol. The highest BCUT2D eigenvalue weighted by Gasteiger charge is 2.29. The van der Waals surface area contributed by atoms with Crippen LogP contribution in [0.1, 0.15) is 12.7 Å². The molecule has 0 spiro atoms. The fourth-order valence-corrected chi connectivity index (χ4v) is 2.95. The van der Waals surface area contributed by atoms with Gasteiger partial charge in [0.15, 0.2) is 0 Å². The number of nitrogens with zero attached hydrogens (tertiary/aromatic N) is 2. The Hall–Kier alpha value is -2.28. The van der Waals surface area contributed by atoms with E-state index in [2.05, 4.69) is 9.97 Å². The molecule has 0 saturated heterocycles. The lowest BCUT2D eigenvalue weighted by molar-refractivity contribution is 0.356. The van der Waals surface area contributed by atoms with Crippen molar-refractivity contribution in [1.29, 1.82) is 5.41 Å². The van der Waals surface area contributed by atoms with Crippen LogP contribution in [-0.2, 0) is 0 Å². The Morgan fingerprint density at radius 3 is 2.91 bits per heavy atom. The van der Waals surface area contributed by atoms with E-state index in [1.807, 2.05) is 25.3 Å². The van der Waals surface area contributed by atoms with Crippen molar-refractivity contribution in [3.8, 4) is 0 Å². The van der Waals surface area contributed by atoms with Gasteiger partial charge in [-0.1, -0.05) is 0 Å². The lowest BCUT2D eigenvalue weighted by atomic mass is 10.2. The fourth-order valence-electron chi connectivity index (χ4n) is 2.52. The largest absolute Gasteiger partial charge is 0.510 e. The normalized spacial score (nSPS) is 15.2. The molecule has 114 valence electrons. The average molecular weight is 316 g/mol. The van der Waals surface area contributed by atoms with E-state index in [9.17, 15) is 9.90 Å². The number of aromatic nitrogens is 2. The van der Waals surface area contributed by atoms with Gasteiger partial charge in [-0.3, -0.25) is 10.2 Å². The fraction of sp³-hybridized carbons (Fsp3) is 0.267. The molecule has 0 amide bonds. The second-order valence-electron chi connectivity index (χ2n) is 4.98. The second-order valence-corrected chi connectivity index (χ2v) is 5.86. The number of aliphatic hydroxyl groups excluding tert-OH is 1. The van der Waals surface area contributed by atoms with Crippen molar-refractivity contribution in [2.75, 3.05) is 19.3 Å². The lowest BCUT2D eigenvalue weighted by Crippen LogP contribution is -2.26. The third-order valence-corrected chi connectivity index (χ3v) is 4.44. The summed E-state index contributed by atoms with van der Waals surface area (Å²) >= 11 is 1.57. The smallest absolute Gasteiger partial charge is 0.259 e. The standard InChI is InChI=1S/C15H16N4O2S/c1-3-19-7-11(20)12(13(19)16)14-17-10-6-8(22-2)4-5-9(10)15(21)18-14/h4-6,16,20H,3,7H2,1-2H3,(H,17,18,21). The molecule has 1 aliphatic rings. The summed E-state index contributed by atoms with van der Waals surface area (Å²) in [5.74, 6) is 0.494. The molecule has 1 aromatic carbocycles. The third-order valence-electron chi connectivity index (χ3n) is 3.71. The van der Waals surface area contributed by atoms with Crippen molar-refractivity contribution in [3.05, 3.63) is 40.1 Å². The zero-order valence-electron chi connectivity index (χ0n) is 12.3. The molecule has 0 bridgehead atoms. The molecule has 0 saturated carbocycles. The Balaban J connectivity index is 2.18. The van der Waals surface area contributed by atoms with Crippen molar-refractivity contribution >= 4 is 34.1 Å². The van der Waals surface area contributed by atoms with Crippen LogP contribution < -0.4 is 5.56 Å². The van der Waals surface area contributed by atoms with Gasteiger partial charge in [0.1, 0.15) is 17.4 Å². The minimum Gasteiger partial charge on any atom is -0.510 e. The summed E-state index contributed by atoms with van der Waals surface area (Å²) in [6.45, 7) is 2.80. The number of hydrogen-bond acceptors (Lipinski definition) is 5. The van der Waals surface area contributed by atoms with Crippen LogP contribution in [0.2, 0.25) is 0 Å². The number of fused-ring (bicyclic) bond motifs is 1. The van der Waals surface area contributed by atoms with Crippen LogP contribution in [0.15, 0.2) is 33.6 Å². The van der Waals surface area contributed by atoms with Crippen LogP contribution in [0.3, 0.4) is 0 Å². The first kappa shape index (κ1) is 14.6. The van der Waals surface area contributed by atoms with Gasteiger partial charge in [0.2, 0.25) is 0 Å². The highest BCUT2D eigenvalue weighted by atomic mass is 32.2. The maximum atomic E-state index is 12.2. The number of H-pyrrole nitrogens is 1. The van der Waals surface area contributed by atoms with E-state index in [4.69, 9.17) is 5.41 Å². The first-order valence-corrected chi connectivity index (χ1v) is 8.12. The number of amidine groups is 1. The Bertz CT molecular complexity index is 856. The molecule has 0 aliphatic carbocycles. The summed E-state index contributed by atoms with van der Waals surface area (Å²) in [7, 11) is 0. The summed E-state index contributed by atoms with van der Waals surface area (Å²) < 4.78 is 0. The molecule has 0 unspecified atom stereocenters. The van der Waals surface area contributed by atoms with Gasteiger partial charge in [0, 0.05) is 11.4 Å². The zero-order chi connectivity index (χ0) is 15.9. The summed E-state index contributed by atoms with van der Waals surface area (Å²) in [4.78, 5) is 22.1. The Labute approximate surface area is 131 Å². The topological polar surface area (TPSA) is 93.1 Å². The van der Waals surface area contributed by atoms with Crippen LogP contribution in [0.25, 0.3) is 16.5 Å². The van der Waals surface area contributed by atoms with Gasteiger partial charge in [-0.25, -0.2) is 4.98 Å². The monoisotopic (exact) mass is 316 g/mol. The number of rotatable bonds is 3. The molecule has 0 atom stereocenters. The number of benzene rings is 1. The molecule has 0 fully saturated rings. The molecule has 0 radical (unpaired) electrons. The Morgan fingerprint density at radius 2 is 2.27 bits per heavy atom. The highest BCUT2D eigenvalue weighted by molar-refractivity contribution is 7.98. The summed E-state index contributed by atoms with van der Waals surface area (Å²) in [6.07, 6.45) is 1.95. The van der Waals surface area contributed by atoms with Gasteiger partial charge in [0.25, 0.3) is 5.56 Å². The van der Waals surface area contributed by atoms with Gasteiger partial charge < -0.3 is 15.0 Å². The van der Waals surface area contributed by atoms with Gasteiger partial charge in [-0.05, 0) is 31.4 Å². The quantitative estimate of drug-likeness (QED) is 0.755. The van der Waals surface area contributed by atoms with Gasteiger partial charge >= 0.3 is 0 Å². The number of aliphatic hydroxyl groups is 1. The van der Waals surface area contributed by atoms with Gasteiger partial charge in [-0.15, -0.1) is 11.8 Å². The molecule has 3 rings (SSSR count). The maximum absolute atomic E-state index is 12.2. The van der Waals surface area contributed by atoms with Crippen LogP contribution in [0, 0.1) is 5.41 Å². The Morgan fingerprint density at radius 1 is 1.50 bits per heavy atom. The molecule has 2 heterocycles. The van der Waals surface area contributed by atoms with Crippen LogP contribution in [0.4, 0.5) is 0 Å². The molecule has 1 aromatic heterocycles. The van der Waals surface area contributed by atoms with Crippen molar-refractivity contribution in [1.82, 2.24) is 14.9 Å². The maximum Gasteiger partial charge on any atom is 0.259 e. The summed E-state index contributed by atoms with van der Waals surface area (Å²) in [6, 6.07) is 5.45. The van der Waals surface area contributed by atoms with E-state index in [-0.39, 0.29) is 29.5 Å². The molecule has 22 heavy (non-hydrogen) atoms. The van der Waals surface area contributed by atoms with Gasteiger partial charge in [0.05, 0.1) is 23.0 Å². The average Bonchev–Trinajstić information content (AvgIpc) is 2.80. The van der Waals surface area contributed by atoms with Crippen molar-refractivity contribution in [2.24, 2.45) is 0 Å². The first-order valence-electron chi connectivity index (χ1n) is 6.89. The van der Waals surface area contributed by atoms with Crippen molar-refractivity contribution in [2.45, 2.75) is 11.8 Å². The van der Waals surface area contributed by atoms with Crippen molar-refractivity contribution in [3.63, 3.8) is 0 Å². The molecule has 3 N–H and O–H groups in total. The SMILES string of the molecule is CCN1CC(O)=C(c2nc3cc(SC)ccc3c(=O)[nH]2)C1=N. The van der Waals surface area contributed by atoms with E-state index in [0.717, 1.165) is 4.90 Å². The van der Waals surface area contributed by atoms with Gasteiger partial charge in [-0.2, -0.15) is 0 Å². The molecular formula is C15H16N4O2S. The Kier molecular flexibility index (Phi) is 3.66. The molecule has 6 nitrogen and oxygen atoms in total. The minimum absolute atomic E-state index is 0.0652. The second kappa shape index (κ2) is 5.49. The van der Waals surface area contributed by atoms with Crippen LogP contribution in [0.5, 0.6) is 0 Å². The number of hydrogen-bond donors (Lipinski definition) is 3. The molecule has 7 heteroatoms. The number of likely N-dealkylation sites (N-methyl/N-ethyl adjacent to an activating group) is 1. The lowest BCUT2D eigenvalue weighted by Gasteiger charge is -2.15. The highest BCUT2D eigenvalue weighted by Crippen LogP contribution is 2.25. The predicted octanol–water partition coefficient (Wildman–Crippen LogP) is 2.23. The summed E-state index contributed by atoms with van der Waals surface area (Å²) in [5, 5.41) is 18.7. The zero-order valence-corrected chi connectivity index (χ0v) is 13.1. The van der Waals surface area contributed by atoms with E-state index >= 15 is 0 Å². The van der Waals surface area contributed by atoms with E-state index in [1.54, 1.807) is 22.7 Å². The van der Waals surface area contributed by atoms with E-state index in [0.29, 0.717) is 23.0 Å². The molecule has 1 aliphatic heterocycles. The predicted molar refractivity (Wildman–Crippen MR) is 88.7 cm³/mol. The van der Waals surface area contributed by atoms with E-state index < -0.39 is 0 Å². The third kappa shape index (κ3) is 2.27. The van der Waals surface area contributed by atoms with E-state index in [1.165, 1.54) is 0 Å². The number of thioether (sulfide) groups is 1.